The van der Waals surface area contributed by atoms with Crippen LogP contribution in [0.25, 0.3) is 0 Å². The number of carbonyl (C=O) groups is 2. The summed E-state index contributed by atoms with van der Waals surface area (Å²) in [5.74, 6) is 1.00. The molecule has 0 bridgehead atoms. The second kappa shape index (κ2) is 14.6. The first kappa shape index (κ1) is 28.5. The molecule has 0 atom stereocenters. The molecule has 204 valence electrons. The molecule has 10 heteroatoms. The standard InChI is InChI=1S/C28H34FN3O6/c1-35-16-7-14-32(28(34)30-24-10-5-4-9-23(24)29)20-27(33)31(19-22-8-6-17-38-22)15-13-21-11-12-25(36-2)26(18-21)37-3/h4-6,8-12,17-18H,7,13-16,19-20H2,1-3H3,(H,30,34). The molecule has 0 spiro atoms. The lowest BCUT2D eigenvalue weighted by atomic mass is 10.1. The minimum absolute atomic E-state index is 0.0441. The number of furan rings is 1. The van der Waals surface area contributed by atoms with E-state index < -0.39 is 11.8 Å². The highest BCUT2D eigenvalue weighted by molar-refractivity contribution is 5.92. The van der Waals surface area contributed by atoms with Crippen LogP contribution in [0, 0.1) is 5.82 Å². The highest BCUT2D eigenvalue weighted by Crippen LogP contribution is 2.28. The maximum atomic E-state index is 14.1. The minimum atomic E-state index is -0.572. The van der Waals surface area contributed by atoms with Gasteiger partial charge >= 0.3 is 6.03 Å². The SMILES string of the molecule is COCCCN(CC(=O)N(CCc1ccc(OC)c(OC)c1)Cc1ccco1)C(=O)Nc1ccccc1F. The van der Waals surface area contributed by atoms with Crippen molar-refractivity contribution in [1.29, 1.82) is 0 Å². The summed E-state index contributed by atoms with van der Waals surface area (Å²) in [7, 11) is 4.70. The third-order valence-corrected chi connectivity index (χ3v) is 5.90. The first-order valence-corrected chi connectivity index (χ1v) is 12.3. The van der Waals surface area contributed by atoms with E-state index in [1.165, 1.54) is 23.1 Å². The molecule has 3 aromatic rings. The Balaban J connectivity index is 1.74. The quantitative estimate of drug-likeness (QED) is 0.309. The molecule has 0 saturated heterocycles. The van der Waals surface area contributed by atoms with E-state index in [9.17, 15) is 14.0 Å². The number of rotatable bonds is 14. The predicted octanol–water partition coefficient (Wildman–Crippen LogP) is 4.58. The summed E-state index contributed by atoms with van der Waals surface area (Å²) < 4.78 is 35.4. The second-order valence-corrected chi connectivity index (χ2v) is 8.51. The zero-order valence-corrected chi connectivity index (χ0v) is 21.9. The lowest BCUT2D eigenvalue weighted by molar-refractivity contribution is -0.132. The number of anilines is 1. The second-order valence-electron chi connectivity index (χ2n) is 8.51. The van der Waals surface area contributed by atoms with Gasteiger partial charge in [0.2, 0.25) is 5.91 Å². The summed E-state index contributed by atoms with van der Waals surface area (Å²) in [5, 5.41) is 2.56. The summed E-state index contributed by atoms with van der Waals surface area (Å²) >= 11 is 0. The van der Waals surface area contributed by atoms with Gasteiger partial charge in [-0.25, -0.2) is 9.18 Å². The Hall–Kier alpha value is -4.05. The molecule has 0 radical (unpaired) electrons. The molecule has 0 saturated carbocycles. The van der Waals surface area contributed by atoms with Gasteiger partial charge in [-0.3, -0.25) is 4.79 Å². The Kier molecular flexibility index (Phi) is 11.0. The first-order chi connectivity index (χ1) is 18.4. The molecule has 0 fully saturated rings. The number of methoxy groups -OCH3 is 3. The molecule has 1 N–H and O–H groups in total. The number of hydrogen-bond acceptors (Lipinski definition) is 6. The number of para-hydroxylation sites is 1. The predicted molar refractivity (Wildman–Crippen MR) is 141 cm³/mol. The summed E-state index contributed by atoms with van der Waals surface area (Å²) in [6.45, 7) is 1.07. The van der Waals surface area contributed by atoms with Crippen LogP contribution in [0.15, 0.2) is 65.3 Å². The van der Waals surface area contributed by atoms with Gasteiger partial charge in [0.25, 0.3) is 0 Å². The Labute approximate surface area is 222 Å². The van der Waals surface area contributed by atoms with E-state index in [0.717, 1.165) is 5.56 Å². The lowest BCUT2D eigenvalue weighted by Crippen LogP contribution is -2.45. The van der Waals surface area contributed by atoms with E-state index >= 15 is 0 Å². The fourth-order valence-electron chi connectivity index (χ4n) is 3.86. The third-order valence-electron chi connectivity index (χ3n) is 5.90. The van der Waals surface area contributed by atoms with Crippen molar-refractivity contribution in [3.8, 4) is 11.5 Å². The van der Waals surface area contributed by atoms with Gasteiger partial charge in [-0.15, -0.1) is 0 Å². The molecular formula is C28H34FN3O6. The van der Waals surface area contributed by atoms with Gasteiger partial charge in [-0.1, -0.05) is 18.2 Å². The molecule has 0 aliphatic heterocycles. The van der Waals surface area contributed by atoms with Crippen molar-refractivity contribution in [3.63, 3.8) is 0 Å². The first-order valence-electron chi connectivity index (χ1n) is 12.3. The van der Waals surface area contributed by atoms with Gasteiger partial charge in [-0.05, 0) is 54.8 Å². The lowest BCUT2D eigenvalue weighted by Gasteiger charge is -2.27. The van der Waals surface area contributed by atoms with Crippen LogP contribution in [0.3, 0.4) is 0 Å². The number of hydrogen-bond donors (Lipinski definition) is 1. The molecular weight excluding hydrogens is 493 g/mol. The van der Waals surface area contributed by atoms with Crippen LogP contribution in [0.5, 0.6) is 11.5 Å². The van der Waals surface area contributed by atoms with Crippen molar-refractivity contribution in [2.45, 2.75) is 19.4 Å². The van der Waals surface area contributed by atoms with Gasteiger partial charge < -0.3 is 33.7 Å². The molecule has 38 heavy (non-hydrogen) atoms. The van der Waals surface area contributed by atoms with E-state index in [2.05, 4.69) is 5.32 Å². The number of ether oxygens (including phenoxy) is 3. The van der Waals surface area contributed by atoms with Crippen LogP contribution in [-0.2, 0) is 22.5 Å². The maximum Gasteiger partial charge on any atom is 0.322 e. The van der Waals surface area contributed by atoms with Gasteiger partial charge in [0.15, 0.2) is 11.5 Å². The van der Waals surface area contributed by atoms with E-state index in [-0.39, 0.29) is 31.2 Å². The number of halogens is 1. The number of nitrogens with one attached hydrogen (secondary N) is 1. The summed E-state index contributed by atoms with van der Waals surface area (Å²) in [4.78, 5) is 29.5. The third kappa shape index (κ3) is 8.24. The maximum absolute atomic E-state index is 14.1. The highest BCUT2D eigenvalue weighted by Gasteiger charge is 2.23. The number of nitrogens with zero attached hydrogens (tertiary/aromatic N) is 2. The van der Waals surface area contributed by atoms with E-state index in [1.807, 2.05) is 18.2 Å². The normalized spacial score (nSPS) is 10.6. The zero-order valence-electron chi connectivity index (χ0n) is 21.9. The van der Waals surface area contributed by atoms with Crippen LogP contribution in [0.2, 0.25) is 0 Å². The van der Waals surface area contributed by atoms with Crippen molar-refractivity contribution in [1.82, 2.24) is 9.80 Å². The van der Waals surface area contributed by atoms with E-state index in [1.54, 1.807) is 50.7 Å². The summed E-state index contributed by atoms with van der Waals surface area (Å²) in [6.07, 6.45) is 2.60. The Morgan fingerprint density at radius 3 is 2.42 bits per heavy atom. The molecule has 1 heterocycles. The van der Waals surface area contributed by atoms with E-state index in [0.29, 0.717) is 43.3 Å². The van der Waals surface area contributed by atoms with Crippen molar-refractivity contribution in [3.05, 3.63) is 78.0 Å². The fraction of sp³-hybridized carbons (Fsp3) is 0.357. The summed E-state index contributed by atoms with van der Waals surface area (Å²) in [6, 6.07) is 14.5. The van der Waals surface area contributed by atoms with Crippen LogP contribution in [0.4, 0.5) is 14.9 Å². The van der Waals surface area contributed by atoms with Crippen LogP contribution in [-0.4, -0.2) is 69.3 Å². The number of amides is 3. The highest BCUT2D eigenvalue weighted by atomic mass is 19.1. The molecule has 9 nitrogen and oxygen atoms in total. The van der Waals surface area contributed by atoms with Crippen molar-refractivity contribution >= 4 is 17.6 Å². The van der Waals surface area contributed by atoms with Crippen LogP contribution < -0.4 is 14.8 Å². The Bertz CT molecular complexity index is 1170. The molecule has 2 aromatic carbocycles. The van der Waals surface area contributed by atoms with Crippen molar-refractivity contribution in [2.75, 3.05) is 52.9 Å². The van der Waals surface area contributed by atoms with Gasteiger partial charge in [0.05, 0.1) is 32.7 Å². The topological polar surface area (TPSA) is 93.5 Å². The van der Waals surface area contributed by atoms with Gasteiger partial charge in [-0.2, -0.15) is 0 Å². The molecule has 3 amide bonds. The van der Waals surface area contributed by atoms with Crippen molar-refractivity contribution < 1.29 is 32.6 Å². The fourth-order valence-corrected chi connectivity index (χ4v) is 3.86. The van der Waals surface area contributed by atoms with Gasteiger partial charge in [0.1, 0.15) is 18.1 Å². The largest absolute Gasteiger partial charge is 0.493 e. The number of carbonyl (C=O) groups excluding carboxylic acids is 2. The zero-order chi connectivity index (χ0) is 27.3. The summed E-state index contributed by atoms with van der Waals surface area (Å²) in [5.41, 5.74) is 0.997. The minimum Gasteiger partial charge on any atom is -0.493 e. The van der Waals surface area contributed by atoms with Crippen molar-refractivity contribution in [2.24, 2.45) is 0 Å². The molecule has 3 rings (SSSR count). The molecule has 0 aliphatic rings. The number of benzene rings is 2. The average molecular weight is 528 g/mol. The molecule has 1 aromatic heterocycles. The molecule has 0 unspecified atom stereocenters. The molecule has 0 aliphatic carbocycles. The average Bonchev–Trinajstić information content (AvgIpc) is 3.44. The van der Waals surface area contributed by atoms with Crippen LogP contribution in [0.1, 0.15) is 17.7 Å². The number of urea groups is 1. The Morgan fingerprint density at radius 2 is 1.74 bits per heavy atom. The Morgan fingerprint density at radius 1 is 0.947 bits per heavy atom. The monoisotopic (exact) mass is 527 g/mol. The van der Waals surface area contributed by atoms with Gasteiger partial charge in [0, 0.05) is 26.8 Å². The van der Waals surface area contributed by atoms with E-state index in [4.69, 9.17) is 18.6 Å². The smallest absolute Gasteiger partial charge is 0.322 e. The van der Waals surface area contributed by atoms with Crippen LogP contribution >= 0.6 is 0 Å².